The van der Waals surface area contributed by atoms with Gasteiger partial charge in [0.15, 0.2) is 0 Å². The molecule has 0 aliphatic heterocycles. The van der Waals surface area contributed by atoms with Crippen molar-refractivity contribution >= 4 is 5.78 Å². The lowest BCUT2D eigenvalue weighted by Gasteiger charge is -1.96. The molecule has 0 aromatic heterocycles. The van der Waals surface area contributed by atoms with Crippen LogP contribution in [-0.2, 0) is 4.79 Å². The molecule has 0 unspecified atom stereocenters. The molecule has 58 valence electrons. The third-order valence-electron chi connectivity index (χ3n) is 1.38. The Bertz CT molecular complexity index is 109. The fraction of sp³-hybridized carbons (Fsp3) is 0.667. The fourth-order valence-corrected chi connectivity index (χ4v) is 0.801. The largest absolute Gasteiger partial charge is 0.300 e. The number of carbonyl (C=O) groups is 1. The topological polar surface area (TPSA) is 17.1 Å². The molecule has 0 heterocycles. The zero-order valence-electron chi connectivity index (χ0n) is 6.94. The van der Waals surface area contributed by atoms with Gasteiger partial charge in [-0.05, 0) is 33.1 Å². The third-order valence-corrected chi connectivity index (χ3v) is 1.38. The molecule has 0 amide bonds. The molecule has 1 nitrogen and oxygen atoms in total. The quantitative estimate of drug-likeness (QED) is 0.424. The molecule has 0 atom stereocenters. The Morgan fingerprint density at radius 2 is 1.70 bits per heavy atom. The van der Waals surface area contributed by atoms with Crippen LogP contribution < -0.4 is 0 Å². The van der Waals surface area contributed by atoms with Crippen molar-refractivity contribution < 1.29 is 4.79 Å². The van der Waals surface area contributed by atoms with Crippen LogP contribution in [0.15, 0.2) is 12.2 Å². The Morgan fingerprint density at radius 3 is 2.10 bits per heavy atom. The number of allylic oxidation sites excluding steroid dienone is 1. The first-order valence-corrected chi connectivity index (χ1v) is 3.76. The highest BCUT2D eigenvalue weighted by atomic mass is 16.1. The van der Waals surface area contributed by atoms with Gasteiger partial charge in [0, 0.05) is 6.42 Å². The van der Waals surface area contributed by atoms with E-state index in [9.17, 15) is 4.79 Å². The predicted molar refractivity (Wildman–Crippen MR) is 44.0 cm³/mol. The van der Waals surface area contributed by atoms with E-state index in [0.29, 0.717) is 5.78 Å². The van der Waals surface area contributed by atoms with Crippen LogP contribution in [0.1, 0.15) is 39.5 Å². The van der Waals surface area contributed by atoms with E-state index in [4.69, 9.17) is 0 Å². The summed E-state index contributed by atoms with van der Waals surface area (Å²) in [6.07, 6.45) is 3.91. The summed E-state index contributed by atoms with van der Waals surface area (Å²) in [6, 6.07) is 0. The number of Topliss-reactive ketones (excluding diaryl/α,β-unsaturated/α-hetero) is 1. The SMILES string of the molecule is C=C(C)CCCCC(C)=O. The fourth-order valence-electron chi connectivity index (χ4n) is 0.801. The van der Waals surface area contributed by atoms with Crippen LogP contribution in [0.5, 0.6) is 0 Å². The molecule has 0 saturated heterocycles. The van der Waals surface area contributed by atoms with Crippen molar-refractivity contribution in [2.45, 2.75) is 39.5 Å². The highest BCUT2D eigenvalue weighted by molar-refractivity contribution is 5.75. The van der Waals surface area contributed by atoms with Crippen molar-refractivity contribution in [2.24, 2.45) is 0 Å². The number of rotatable bonds is 5. The summed E-state index contributed by atoms with van der Waals surface area (Å²) in [5, 5.41) is 0. The van der Waals surface area contributed by atoms with Gasteiger partial charge in [-0.3, -0.25) is 0 Å². The predicted octanol–water partition coefficient (Wildman–Crippen LogP) is 2.71. The highest BCUT2D eigenvalue weighted by Gasteiger charge is 1.92. The monoisotopic (exact) mass is 140 g/mol. The van der Waals surface area contributed by atoms with Crippen molar-refractivity contribution in [3.05, 3.63) is 12.2 Å². The highest BCUT2D eigenvalue weighted by Crippen LogP contribution is 2.05. The van der Waals surface area contributed by atoms with Crippen LogP contribution in [0.2, 0.25) is 0 Å². The van der Waals surface area contributed by atoms with Crippen molar-refractivity contribution in [1.29, 1.82) is 0 Å². The van der Waals surface area contributed by atoms with Gasteiger partial charge in [-0.25, -0.2) is 0 Å². The Kier molecular flexibility index (Phi) is 4.91. The van der Waals surface area contributed by atoms with Crippen LogP contribution in [0.4, 0.5) is 0 Å². The van der Waals surface area contributed by atoms with Gasteiger partial charge < -0.3 is 4.79 Å². The van der Waals surface area contributed by atoms with E-state index in [2.05, 4.69) is 6.58 Å². The molecule has 0 N–H and O–H groups in total. The lowest BCUT2D eigenvalue weighted by atomic mass is 10.1. The van der Waals surface area contributed by atoms with Gasteiger partial charge in [0.1, 0.15) is 5.78 Å². The minimum absolute atomic E-state index is 0.293. The summed E-state index contributed by atoms with van der Waals surface area (Å²) < 4.78 is 0. The van der Waals surface area contributed by atoms with Gasteiger partial charge >= 0.3 is 0 Å². The van der Waals surface area contributed by atoms with E-state index in [0.717, 1.165) is 25.7 Å². The van der Waals surface area contributed by atoms with E-state index in [-0.39, 0.29) is 0 Å². The maximum absolute atomic E-state index is 10.5. The van der Waals surface area contributed by atoms with Crippen molar-refractivity contribution in [3.8, 4) is 0 Å². The molecular weight excluding hydrogens is 124 g/mol. The summed E-state index contributed by atoms with van der Waals surface area (Å²) >= 11 is 0. The molecule has 0 spiro atoms. The molecule has 0 fully saturated rings. The molecule has 0 radical (unpaired) electrons. The molecule has 1 heteroatoms. The van der Waals surface area contributed by atoms with E-state index < -0.39 is 0 Å². The van der Waals surface area contributed by atoms with Gasteiger partial charge in [-0.15, -0.1) is 6.58 Å². The van der Waals surface area contributed by atoms with Gasteiger partial charge in [-0.1, -0.05) is 5.57 Å². The molecule has 0 aliphatic rings. The second-order valence-corrected chi connectivity index (χ2v) is 2.87. The number of hydrogen-bond donors (Lipinski definition) is 0. The van der Waals surface area contributed by atoms with Crippen LogP contribution in [-0.4, -0.2) is 5.78 Å². The van der Waals surface area contributed by atoms with Gasteiger partial charge in [0.05, 0.1) is 0 Å². The van der Waals surface area contributed by atoms with Gasteiger partial charge in [0.2, 0.25) is 0 Å². The van der Waals surface area contributed by atoms with Gasteiger partial charge in [-0.2, -0.15) is 0 Å². The van der Waals surface area contributed by atoms with E-state index >= 15 is 0 Å². The Hall–Kier alpha value is -0.590. The number of ketones is 1. The average Bonchev–Trinajstić information content (AvgIpc) is 1.79. The van der Waals surface area contributed by atoms with Crippen molar-refractivity contribution in [2.75, 3.05) is 0 Å². The zero-order valence-corrected chi connectivity index (χ0v) is 6.94. The maximum atomic E-state index is 10.5. The van der Waals surface area contributed by atoms with E-state index in [1.807, 2.05) is 6.92 Å². The molecule has 10 heavy (non-hydrogen) atoms. The number of hydrogen-bond acceptors (Lipinski definition) is 1. The second kappa shape index (κ2) is 5.21. The lowest BCUT2D eigenvalue weighted by Crippen LogP contribution is -1.88. The summed E-state index contributed by atoms with van der Waals surface area (Å²) in [6.45, 7) is 7.45. The third kappa shape index (κ3) is 7.41. The normalized spacial score (nSPS) is 9.40. The maximum Gasteiger partial charge on any atom is 0.129 e. The van der Waals surface area contributed by atoms with Crippen LogP contribution >= 0.6 is 0 Å². The second-order valence-electron chi connectivity index (χ2n) is 2.87. The standard InChI is InChI=1S/C9H16O/c1-8(2)6-4-5-7-9(3)10/h1,4-7H2,2-3H3. The smallest absolute Gasteiger partial charge is 0.129 e. The van der Waals surface area contributed by atoms with E-state index in [1.54, 1.807) is 6.92 Å². The Morgan fingerprint density at radius 1 is 1.20 bits per heavy atom. The molecule has 0 aromatic rings. The van der Waals surface area contributed by atoms with Crippen LogP contribution in [0.25, 0.3) is 0 Å². The lowest BCUT2D eigenvalue weighted by molar-refractivity contribution is -0.117. The summed E-state index contributed by atoms with van der Waals surface area (Å²) in [5.41, 5.74) is 1.21. The first kappa shape index (κ1) is 9.41. The zero-order chi connectivity index (χ0) is 7.98. The Balaban J connectivity index is 3.06. The Labute approximate surface area is 63.1 Å². The molecule has 0 bridgehead atoms. The van der Waals surface area contributed by atoms with Crippen molar-refractivity contribution in [3.63, 3.8) is 0 Å². The van der Waals surface area contributed by atoms with Crippen LogP contribution in [0, 0.1) is 0 Å². The average molecular weight is 140 g/mol. The number of unbranched alkanes of at least 4 members (excludes halogenated alkanes) is 1. The summed E-state index contributed by atoms with van der Waals surface area (Å²) in [5.74, 6) is 0.293. The summed E-state index contributed by atoms with van der Waals surface area (Å²) in [4.78, 5) is 10.5. The molecule has 0 aliphatic carbocycles. The molecular formula is C9H16O. The van der Waals surface area contributed by atoms with Crippen LogP contribution in [0.3, 0.4) is 0 Å². The first-order chi connectivity index (χ1) is 4.63. The first-order valence-electron chi connectivity index (χ1n) is 3.76. The molecule has 0 rings (SSSR count). The molecule has 0 saturated carbocycles. The summed E-state index contributed by atoms with van der Waals surface area (Å²) in [7, 11) is 0. The minimum atomic E-state index is 0.293. The van der Waals surface area contributed by atoms with Gasteiger partial charge in [0.25, 0.3) is 0 Å². The minimum Gasteiger partial charge on any atom is -0.300 e. The van der Waals surface area contributed by atoms with Crippen molar-refractivity contribution in [1.82, 2.24) is 0 Å². The molecule has 0 aromatic carbocycles. The number of carbonyl (C=O) groups excluding carboxylic acids is 1. The van der Waals surface area contributed by atoms with E-state index in [1.165, 1.54) is 5.57 Å².